The molecule has 5 nitrogen and oxygen atoms in total. The summed E-state index contributed by atoms with van der Waals surface area (Å²) in [4.78, 5) is 21.4. The van der Waals surface area contributed by atoms with Crippen molar-refractivity contribution in [3.05, 3.63) is 0 Å². The maximum Gasteiger partial charge on any atom is 0.305 e. The Labute approximate surface area is 71.3 Å². The molecule has 0 aliphatic heterocycles. The van der Waals surface area contributed by atoms with Crippen LogP contribution in [0.4, 0.5) is 0 Å². The van der Waals surface area contributed by atoms with Gasteiger partial charge in [-0.2, -0.15) is 0 Å². The van der Waals surface area contributed by atoms with Crippen molar-refractivity contribution >= 4 is 11.9 Å². The molecule has 0 aromatic carbocycles. The van der Waals surface area contributed by atoms with Crippen LogP contribution < -0.4 is 11.1 Å². The molecule has 3 N–H and O–H groups in total. The zero-order valence-corrected chi connectivity index (χ0v) is 7.29. The molecule has 0 aromatic rings. The summed E-state index contributed by atoms with van der Waals surface area (Å²) in [6.45, 7) is 0. The van der Waals surface area contributed by atoms with Gasteiger partial charge < -0.3 is 15.8 Å². The van der Waals surface area contributed by atoms with Gasteiger partial charge in [0, 0.05) is 13.5 Å². The highest BCUT2D eigenvalue weighted by Gasteiger charge is 2.13. The summed E-state index contributed by atoms with van der Waals surface area (Å²) in [5.41, 5.74) is 5.41. The molecule has 0 bridgehead atoms. The van der Waals surface area contributed by atoms with E-state index in [4.69, 9.17) is 5.73 Å². The van der Waals surface area contributed by atoms with Crippen LogP contribution in [-0.2, 0) is 14.3 Å². The number of carbonyl (C=O) groups excluding carboxylic acids is 2. The monoisotopic (exact) mass is 174 g/mol. The van der Waals surface area contributed by atoms with Crippen molar-refractivity contribution in [2.24, 2.45) is 5.73 Å². The molecule has 0 aromatic heterocycles. The number of nitrogens with one attached hydrogen (secondary N) is 1. The fourth-order valence-corrected chi connectivity index (χ4v) is 0.692. The zero-order chi connectivity index (χ0) is 9.56. The first-order chi connectivity index (χ1) is 5.61. The highest BCUT2D eigenvalue weighted by Crippen LogP contribution is 1.95. The minimum atomic E-state index is -0.630. The van der Waals surface area contributed by atoms with E-state index in [2.05, 4.69) is 10.1 Å². The normalized spacial score (nSPS) is 11.9. The van der Waals surface area contributed by atoms with Crippen molar-refractivity contribution < 1.29 is 14.3 Å². The molecule has 0 saturated heterocycles. The van der Waals surface area contributed by atoms with Crippen LogP contribution in [0.3, 0.4) is 0 Å². The molecule has 70 valence electrons. The van der Waals surface area contributed by atoms with E-state index in [-0.39, 0.29) is 18.3 Å². The molecule has 0 aliphatic rings. The maximum absolute atomic E-state index is 10.8. The molecule has 1 atom stereocenters. The molecular weight excluding hydrogens is 160 g/mol. The molecule has 0 aliphatic carbocycles. The van der Waals surface area contributed by atoms with E-state index in [1.165, 1.54) is 14.2 Å². The molecule has 0 heterocycles. The Morgan fingerprint density at radius 1 is 1.58 bits per heavy atom. The van der Waals surface area contributed by atoms with Crippen molar-refractivity contribution in [2.45, 2.75) is 18.9 Å². The predicted octanol–water partition coefficient (Wildman–Crippen LogP) is -0.987. The second kappa shape index (κ2) is 5.54. The lowest BCUT2D eigenvalue weighted by molar-refractivity contribution is -0.140. The summed E-state index contributed by atoms with van der Waals surface area (Å²) < 4.78 is 4.39. The molecule has 0 saturated carbocycles. The number of hydrogen-bond acceptors (Lipinski definition) is 4. The van der Waals surface area contributed by atoms with Gasteiger partial charge in [0.2, 0.25) is 5.91 Å². The Balaban J connectivity index is 3.63. The molecule has 12 heavy (non-hydrogen) atoms. The number of amides is 1. The number of carbonyl (C=O) groups is 2. The number of esters is 1. The minimum absolute atomic E-state index is 0.172. The van der Waals surface area contributed by atoms with Gasteiger partial charge in [0.05, 0.1) is 13.2 Å². The van der Waals surface area contributed by atoms with E-state index < -0.39 is 6.04 Å². The lowest BCUT2D eigenvalue weighted by Crippen LogP contribution is -2.38. The van der Waals surface area contributed by atoms with Gasteiger partial charge in [-0.05, 0) is 6.42 Å². The van der Waals surface area contributed by atoms with Crippen LogP contribution in [-0.4, -0.2) is 32.1 Å². The van der Waals surface area contributed by atoms with Gasteiger partial charge in [-0.3, -0.25) is 9.59 Å². The topological polar surface area (TPSA) is 81.4 Å². The lowest BCUT2D eigenvalue weighted by atomic mass is 10.1. The number of likely N-dealkylation sites (N-methyl/N-ethyl adjacent to an activating group) is 1. The Morgan fingerprint density at radius 3 is 2.58 bits per heavy atom. The fourth-order valence-electron chi connectivity index (χ4n) is 0.692. The SMILES string of the molecule is CNC(=O)[C@@H](N)CCC(=O)OC. The van der Waals surface area contributed by atoms with Crippen molar-refractivity contribution in [1.29, 1.82) is 0 Å². The predicted molar refractivity (Wildman–Crippen MR) is 43.3 cm³/mol. The average Bonchev–Trinajstić information content (AvgIpc) is 2.11. The maximum atomic E-state index is 10.8. The van der Waals surface area contributed by atoms with Gasteiger partial charge in [0.25, 0.3) is 0 Å². The average molecular weight is 174 g/mol. The van der Waals surface area contributed by atoms with Crippen molar-refractivity contribution in [3.63, 3.8) is 0 Å². The van der Waals surface area contributed by atoms with Gasteiger partial charge >= 0.3 is 5.97 Å². The van der Waals surface area contributed by atoms with Gasteiger partial charge in [0.15, 0.2) is 0 Å². The third kappa shape index (κ3) is 3.92. The van der Waals surface area contributed by atoms with Crippen molar-refractivity contribution in [1.82, 2.24) is 5.32 Å². The molecule has 0 rings (SSSR count). The first-order valence-electron chi connectivity index (χ1n) is 3.65. The van der Waals surface area contributed by atoms with Crippen molar-refractivity contribution in [2.75, 3.05) is 14.2 Å². The lowest BCUT2D eigenvalue weighted by Gasteiger charge is -2.07. The van der Waals surface area contributed by atoms with Crippen LogP contribution in [0.1, 0.15) is 12.8 Å². The van der Waals surface area contributed by atoms with E-state index in [9.17, 15) is 9.59 Å². The first-order valence-corrected chi connectivity index (χ1v) is 3.65. The Kier molecular flexibility index (Phi) is 5.03. The van der Waals surface area contributed by atoms with E-state index in [0.717, 1.165) is 0 Å². The van der Waals surface area contributed by atoms with E-state index >= 15 is 0 Å². The largest absolute Gasteiger partial charge is 0.469 e. The van der Waals surface area contributed by atoms with Gasteiger partial charge in [0.1, 0.15) is 0 Å². The Hall–Kier alpha value is -1.10. The minimum Gasteiger partial charge on any atom is -0.469 e. The first kappa shape index (κ1) is 10.9. The van der Waals surface area contributed by atoms with Crippen molar-refractivity contribution in [3.8, 4) is 0 Å². The summed E-state index contributed by atoms with van der Waals surface area (Å²) in [5, 5.41) is 2.39. The summed E-state index contributed by atoms with van der Waals surface area (Å²) in [6, 6.07) is -0.630. The number of methoxy groups -OCH3 is 1. The number of rotatable bonds is 4. The molecule has 0 radical (unpaired) electrons. The van der Waals surface area contributed by atoms with Gasteiger partial charge in [-0.1, -0.05) is 0 Å². The molecule has 0 unspecified atom stereocenters. The van der Waals surface area contributed by atoms with Gasteiger partial charge in [-0.25, -0.2) is 0 Å². The number of hydrogen-bond donors (Lipinski definition) is 2. The van der Waals surface area contributed by atoms with Gasteiger partial charge in [-0.15, -0.1) is 0 Å². The summed E-state index contributed by atoms with van der Waals surface area (Å²) in [5.74, 6) is -0.617. The van der Waals surface area contributed by atoms with Crippen LogP contribution in [0.25, 0.3) is 0 Å². The van der Waals surface area contributed by atoms with E-state index in [0.29, 0.717) is 6.42 Å². The molecule has 5 heteroatoms. The molecule has 1 amide bonds. The fraction of sp³-hybridized carbons (Fsp3) is 0.714. The Bertz CT molecular complexity index is 170. The van der Waals surface area contributed by atoms with E-state index in [1.54, 1.807) is 0 Å². The van der Waals surface area contributed by atoms with Crippen LogP contribution in [0.15, 0.2) is 0 Å². The highest BCUT2D eigenvalue weighted by molar-refractivity contribution is 5.81. The zero-order valence-electron chi connectivity index (χ0n) is 7.29. The van der Waals surface area contributed by atoms with Crippen LogP contribution in [0.2, 0.25) is 0 Å². The summed E-state index contributed by atoms with van der Waals surface area (Å²) in [6.07, 6.45) is 0.484. The quantitative estimate of drug-likeness (QED) is 0.536. The third-order valence-electron chi connectivity index (χ3n) is 1.47. The van der Waals surface area contributed by atoms with Crippen LogP contribution in [0, 0.1) is 0 Å². The van der Waals surface area contributed by atoms with E-state index in [1.807, 2.05) is 0 Å². The number of ether oxygens (including phenoxy) is 1. The summed E-state index contributed by atoms with van der Waals surface area (Å²) in [7, 11) is 2.80. The second-order valence-electron chi connectivity index (χ2n) is 2.34. The smallest absolute Gasteiger partial charge is 0.305 e. The third-order valence-corrected chi connectivity index (χ3v) is 1.47. The standard InChI is InChI=1S/C7H14N2O3/c1-9-7(11)5(8)3-4-6(10)12-2/h5H,3-4,8H2,1-2H3,(H,9,11)/t5-/m0/s1. The van der Waals surface area contributed by atoms with Crippen LogP contribution in [0.5, 0.6) is 0 Å². The summed E-state index contributed by atoms with van der Waals surface area (Å²) >= 11 is 0. The molecular formula is C7H14N2O3. The Morgan fingerprint density at radius 2 is 2.17 bits per heavy atom. The highest BCUT2D eigenvalue weighted by atomic mass is 16.5. The second-order valence-corrected chi connectivity index (χ2v) is 2.34. The molecule has 0 fully saturated rings. The number of nitrogens with two attached hydrogens (primary N) is 1. The van der Waals surface area contributed by atoms with Crippen LogP contribution >= 0.6 is 0 Å². The molecule has 0 spiro atoms.